The van der Waals surface area contributed by atoms with Crippen molar-refractivity contribution in [2.75, 3.05) is 39.9 Å². The highest BCUT2D eigenvalue weighted by Gasteiger charge is 2.11. The monoisotopic (exact) mass is 440 g/mol. The van der Waals surface area contributed by atoms with Crippen LogP contribution in [0.3, 0.4) is 0 Å². The van der Waals surface area contributed by atoms with Gasteiger partial charge in [0.25, 0.3) is 0 Å². The van der Waals surface area contributed by atoms with E-state index in [1.807, 2.05) is 6.07 Å². The highest BCUT2D eigenvalue weighted by atomic mass is 79.9. The second-order valence-electron chi connectivity index (χ2n) is 6.79. The van der Waals surface area contributed by atoms with Gasteiger partial charge in [0.1, 0.15) is 6.61 Å². The molecule has 0 aliphatic heterocycles. The highest BCUT2D eigenvalue weighted by molar-refractivity contribution is 9.10. The van der Waals surface area contributed by atoms with Crippen LogP contribution in [0, 0.1) is 0 Å². The molecule has 0 bridgehead atoms. The summed E-state index contributed by atoms with van der Waals surface area (Å²) in [5.74, 6) is 1.47. The van der Waals surface area contributed by atoms with Crippen LogP contribution in [0.5, 0.6) is 11.5 Å². The number of unbranched alkanes of at least 4 members (excludes halogenated alkanes) is 2. The van der Waals surface area contributed by atoms with E-state index in [9.17, 15) is 0 Å². The summed E-state index contributed by atoms with van der Waals surface area (Å²) in [7, 11) is 1.67. The van der Waals surface area contributed by atoms with Crippen LogP contribution >= 0.6 is 15.9 Å². The molecule has 154 valence electrons. The van der Waals surface area contributed by atoms with E-state index in [2.05, 4.69) is 52.6 Å². The normalized spacial score (nSPS) is 11.0. The van der Waals surface area contributed by atoms with E-state index in [0.717, 1.165) is 29.1 Å². The summed E-state index contributed by atoms with van der Waals surface area (Å²) >= 11 is 3.59. The summed E-state index contributed by atoms with van der Waals surface area (Å²) in [6.07, 6.45) is 8.03. The second-order valence-corrected chi connectivity index (χ2v) is 7.64. The van der Waals surface area contributed by atoms with Crippen molar-refractivity contribution in [1.29, 1.82) is 0 Å². The first-order valence-electron chi connectivity index (χ1n) is 10.2. The molecule has 0 spiro atoms. The van der Waals surface area contributed by atoms with Crippen LogP contribution in [0.2, 0.25) is 0 Å². The fourth-order valence-corrected chi connectivity index (χ4v) is 3.52. The number of nitrogens with zero attached hydrogens (tertiary/aromatic N) is 1. The van der Waals surface area contributed by atoms with Crippen molar-refractivity contribution in [3.63, 3.8) is 0 Å². The van der Waals surface area contributed by atoms with Crippen LogP contribution in [0.4, 0.5) is 0 Å². The van der Waals surface area contributed by atoms with Gasteiger partial charge in [-0.1, -0.05) is 39.3 Å². The summed E-state index contributed by atoms with van der Waals surface area (Å²) < 4.78 is 12.1. The molecular weight excluding hydrogens is 404 g/mol. The van der Waals surface area contributed by atoms with E-state index >= 15 is 0 Å². The highest BCUT2D eigenvalue weighted by Crippen LogP contribution is 2.36. The van der Waals surface area contributed by atoms with Gasteiger partial charge in [0.05, 0.1) is 11.6 Å². The van der Waals surface area contributed by atoms with Crippen LogP contribution in [0.15, 0.2) is 29.3 Å². The molecule has 4 nitrogen and oxygen atoms in total. The van der Waals surface area contributed by atoms with E-state index in [1.54, 1.807) is 13.2 Å². The van der Waals surface area contributed by atoms with Gasteiger partial charge in [-0.2, -0.15) is 0 Å². The van der Waals surface area contributed by atoms with Gasteiger partial charge in [-0.25, -0.2) is 0 Å². The molecule has 0 aliphatic rings. The SMILES string of the molecule is C=CCOc1c(Br)cc(CNCCCN(CCCC)CCCC)cc1OC. The maximum Gasteiger partial charge on any atom is 0.175 e. The summed E-state index contributed by atoms with van der Waals surface area (Å²) in [4.78, 5) is 2.61. The molecule has 5 heteroatoms. The number of rotatable bonds is 16. The molecule has 0 amide bonds. The molecule has 27 heavy (non-hydrogen) atoms. The summed E-state index contributed by atoms with van der Waals surface area (Å²) in [6.45, 7) is 14.1. The molecular formula is C22H37BrN2O2. The van der Waals surface area contributed by atoms with Crippen LogP contribution in [-0.4, -0.2) is 44.8 Å². The van der Waals surface area contributed by atoms with Gasteiger partial charge in [0.2, 0.25) is 0 Å². The quantitative estimate of drug-likeness (QED) is 0.275. The van der Waals surface area contributed by atoms with Gasteiger partial charge in [-0.05, 0) is 79.1 Å². The van der Waals surface area contributed by atoms with Crippen LogP contribution in [-0.2, 0) is 6.54 Å². The third kappa shape index (κ3) is 9.63. The van der Waals surface area contributed by atoms with Gasteiger partial charge >= 0.3 is 0 Å². The number of methoxy groups -OCH3 is 1. The third-order valence-corrected chi connectivity index (χ3v) is 5.04. The Bertz CT molecular complexity index is 529. The molecule has 1 N–H and O–H groups in total. The minimum atomic E-state index is 0.457. The average molecular weight is 441 g/mol. The Kier molecular flexibility index (Phi) is 13.3. The lowest BCUT2D eigenvalue weighted by Crippen LogP contribution is -2.29. The Morgan fingerprint density at radius 2 is 1.78 bits per heavy atom. The lowest BCUT2D eigenvalue weighted by atomic mass is 10.2. The number of hydrogen-bond acceptors (Lipinski definition) is 4. The maximum atomic E-state index is 5.68. The van der Waals surface area contributed by atoms with Crippen LogP contribution in [0.25, 0.3) is 0 Å². The van der Waals surface area contributed by atoms with Gasteiger partial charge in [-0.3, -0.25) is 0 Å². The third-order valence-electron chi connectivity index (χ3n) is 4.45. The van der Waals surface area contributed by atoms with Crippen molar-refractivity contribution in [3.8, 4) is 11.5 Å². The predicted molar refractivity (Wildman–Crippen MR) is 119 cm³/mol. The molecule has 0 saturated carbocycles. The van der Waals surface area contributed by atoms with E-state index < -0.39 is 0 Å². The van der Waals surface area contributed by atoms with Gasteiger partial charge in [0, 0.05) is 6.54 Å². The summed E-state index contributed by atoms with van der Waals surface area (Å²) in [5, 5.41) is 3.55. The van der Waals surface area contributed by atoms with Crippen molar-refractivity contribution in [2.45, 2.75) is 52.5 Å². The Morgan fingerprint density at radius 3 is 2.37 bits per heavy atom. The number of ether oxygens (including phenoxy) is 2. The number of hydrogen-bond donors (Lipinski definition) is 1. The average Bonchev–Trinajstić information content (AvgIpc) is 2.67. The largest absolute Gasteiger partial charge is 0.493 e. The lowest BCUT2D eigenvalue weighted by Gasteiger charge is -2.22. The van der Waals surface area contributed by atoms with Crippen molar-refractivity contribution >= 4 is 15.9 Å². The molecule has 0 radical (unpaired) electrons. The Hall–Kier alpha value is -1.04. The molecule has 1 aromatic carbocycles. The van der Waals surface area contributed by atoms with Gasteiger partial charge in [0.15, 0.2) is 11.5 Å². The van der Waals surface area contributed by atoms with E-state index in [4.69, 9.17) is 9.47 Å². The zero-order valence-electron chi connectivity index (χ0n) is 17.4. The number of benzene rings is 1. The Labute approximate surface area is 174 Å². The predicted octanol–water partition coefficient (Wildman–Crippen LogP) is 5.40. The first-order valence-corrected chi connectivity index (χ1v) is 11.0. The summed E-state index contributed by atoms with van der Waals surface area (Å²) in [5.41, 5.74) is 1.18. The van der Waals surface area contributed by atoms with Crippen molar-refractivity contribution in [2.24, 2.45) is 0 Å². The zero-order valence-corrected chi connectivity index (χ0v) is 18.9. The first kappa shape index (κ1) is 24.0. The minimum absolute atomic E-state index is 0.457. The molecule has 0 heterocycles. The molecule has 0 atom stereocenters. The first-order chi connectivity index (χ1) is 13.2. The molecule has 0 aliphatic carbocycles. The number of halogens is 1. The van der Waals surface area contributed by atoms with Gasteiger partial charge < -0.3 is 19.7 Å². The van der Waals surface area contributed by atoms with E-state index in [0.29, 0.717) is 6.61 Å². The second kappa shape index (κ2) is 14.9. The van der Waals surface area contributed by atoms with E-state index in [1.165, 1.54) is 57.3 Å². The number of nitrogens with one attached hydrogen (secondary N) is 1. The maximum absolute atomic E-state index is 5.68. The van der Waals surface area contributed by atoms with Crippen LogP contribution < -0.4 is 14.8 Å². The van der Waals surface area contributed by atoms with Gasteiger partial charge in [-0.15, -0.1) is 0 Å². The Balaban J connectivity index is 2.44. The Morgan fingerprint density at radius 1 is 1.11 bits per heavy atom. The molecule has 0 aromatic heterocycles. The van der Waals surface area contributed by atoms with Crippen molar-refractivity contribution in [3.05, 3.63) is 34.8 Å². The molecule has 1 aromatic rings. The topological polar surface area (TPSA) is 33.7 Å². The smallest absolute Gasteiger partial charge is 0.175 e. The fourth-order valence-electron chi connectivity index (χ4n) is 2.92. The van der Waals surface area contributed by atoms with Crippen molar-refractivity contribution < 1.29 is 9.47 Å². The van der Waals surface area contributed by atoms with Crippen molar-refractivity contribution in [1.82, 2.24) is 10.2 Å². The molecule has 1 rings (SSSR count). The standard InChI is InChI=1S/C22H37BrN2O2/c1-5-8-12-25(13-9-6-2)14-10-11-24-18-19-16-20(23)22(27-15-7-3)21(17-19)26-4/h7,16-17,24H,3,5-6,8-15,18H2,1-2,4H3. The minimum Gasteiger partial charge on any atom is -0.493 e. The van der Waals surface area contributed by atoms with Crippen LogP contribution in [0.1, 0.15) is 51.5 Å². The molecule has 0 unspecified atom stereocenters. The fraction of sp³-hybridized carbons (Fsp3) is 0.636. The molecule has 0 fully saturated rings. The molecule has 0 saturated heterocycles. The van der Waals surface area contributed by atoms with E-state index in [-0.39, 0.29) is 0 Å². The zero-order chi connectivity index (χ0) is 19.9. The summed E-state index contributed by atoms with van der Waals surface area (Å²) in [6, 6.07) is 4.12. The lowest BCUT2D eigenvalue weighted by molar-refractivity contribution is 0.261.